The fourth-order valence-electron chi connectivity index (χ4n) is 2.23. The van der Waals surface area contributed by atoms with Gasteiger partial charge in [0.1, 0.15) is 0 Å². The van der Waals surface area contributed by atoms with E-state index in [0.717, 1.165) is 11.4 Å². The van der Waals surface area contributed by atoms with Gasteiger partial charge in [-0.2, -0.15) is 0 Å². The monoisotopic (exact) mass is 412 g/mol. The maximum atomic E-state index is 4.51. The summed E-state index contributed by atoms with van der Waals surface area (Å²) in [4.78, 5) is 9.01. The molecule has 0 spiro atoms. The zero-order chi connectivity index (χ0) is 16.5. The average molecular weight is 414 g/mol. The molecule has 23 heavy (non-hydrogen) atoms. The first-order chi connectivity index (χ1) is 10.6. The summed E-state index contributed by atoms with van der Waals surface area (Å²) in [5.74, 6) is 0. The third-order valence-corrected chi connectivity index (χ3v) is 3.35. The molecule has 3 radical (unpaired) electrons. The summed E-state index contributed by atoms with van der Waals surface area (Å²) in [5.41, 5.74) is 6.79. The third-order valence-electron chi connectivity index (χ3n) is 3.35. The Balaban J connectivity index is 0.00000155. The molecule has 0 atom stereocenters. The van der Waals surface area contributed by atoms with Crippen molar-refractivity contribution in [2.75, 3.05) is 0 Å². The minimum absolute atomic E-state index is 0. The van der Waals surface area contributed by atoms with E-state index in [2.05, 4.69) is 102 Å². The molecule has 0 fully saturated rings. The zero-order valence-electron chi connectivity index (χ0n) is 13.8. The van der Waals surface area contributed by atoms with Crippen LogP contribution < -0.4 is 0 Å². The second-order valence-corrected chi connectivity index (χ2v) is 5.04. The number of aryl methyl sites for hydroxylation is 4. The van der Waals surface area contributed by atoms with Crippen LogP contribution in [0.3, 0.4) is 0 Å². The van der Waals surface area contributed by atoms with Gasteiger partial charge < -0.3 is 0 Å². The van der Waals surface area contributed by atoms with Gasteiger partial charge in [-0.1, -0.05) is 36.4 Å². The van der Waals surface area contributed by atoms with E-state index in [9.17, 15) is 0 Å². The second-order valence-electron chi connectivity index (χ2n) is 5.04. The summed E-state index contributed by atoms with van der Waals surface area (Å²) < 4.78 is 0. The Hall–Kier alpha value is -1.18. The second kappa shape index (κ2) is 11.4. The molecule has 0 saturated heterocycles. The van der Waals surface area contributed by atoms with Gasteiger partial charge in [-0.3, -0.25) is 9.98 Å². The molecule has 0 aromatic heterocycles. The van der Waals surface area contributed by atoms with E-state index < -0.39 is 0 Å². The van der Waals surface area contributed by atoms with Crippen LogP contribution in [0, 0.1) is 27.7 Å². The van der Waals surface area contributed by atoms with Gasteiger partial charge in [0.15, 0.2) is 0 Å². The van der Waals surface area contributed by atoms with Gasteiger partial charge in [0.25, 0.3) is 0 Å². The molecule has 0 aliphatic carbocycles. The number of rotatable bonds is 3. The normalized spacial score (nSPS) is 10.4. The molecule has 5 heteroatoms. The summed E-state index contributed by atoms with van der Waals surface area (Å²) in [6.07, 6.45) is 3.53. The molecule has 2 aromatic carbocycles. The first-order valence-corrected chi connectivity index (χ1v) is 9.35. The molecule has 2 rings (SSSR count). The van der Waals surface area contributed by atoms with Crippen molar-refractivity contribution in [2.45, 2.75) is 27.7 Å². The van der Waals surface area contributed by atoms with Crippen LogP contribution in [0.2, 0.25) is 0 Å². The summed E-state index contributed by atoms with van der Waals surface area (Å²) in [6.45, 7) is 8.29. The number of benzene rings is 2. The maximum absolute atomic E-state index is 4.51. The van der Waals surface area contributed by atoms with Crippen molar-refractivity contribution < 1.29 is 13.7 Å². The molecule has 0 bridgehead atoms. The fraction of sp³-hybridized carbons (Fsp3) is 0.222. The Morgan fingerprint density at radius 3 is 1.22 bits per heavy atom. The van der Waals surface area contributed by atoms with E-state index in [1.165, 1.54) is 22.3 Å². The van der Waals surface area contributed by atoms with Crippen LogP contribution in [0.4, 0.5) is 11.4 Å². The van der Waals surface area contributed by atoms with Crippen molar-refractivity contribution in [2.24, 2.45) is 9.98 Å². The number of para-hydroxylation sites is 2. The van der Waals surface area contributed by atoms with Gasteiger partial charge in [-0.25, -0.2) is 0 Å². The SMILES string of the molecule is Cc1cccc(C)c1N=CC=Nc1c(C)cccc1C.[B].[Ni][Br]. The van der Waals surface area contributed by atoms with Gasteiger partial charge in [-0.15, -0.1) is 0 Å². The number of halogens is 1. The van der Waals surface area contributed by atoms with Gasteiger partial charge >= 0.3 is 27.9 Å². The van der Waals surface area contributed by atoms with Crippen LogP contribution in [-0.4, -0.2) is 20.8 Å². The first-order valence-electron chi connectivity index (χ1n) is 6.90. The molecule has 0 saturated carbocycles. The first kappa shape index (κ1) is 21.8. The standard InChI is InChI=1S/C18H20N2.B.BrH.Ni/c1-13-7-5-8-14(2)17(13)19-11-12-20-18-15(3)9-6-10-16(18)4;;;/h5-12H,1-4H3;;1H;/q;;;+1/p-1. The fourth-order valence-corrected chi connectivity index (χ4v) is 2.23. The Morgan fingerprint density at radius 2 is 0.957 bits per heavy atom. The van der Waals surface area contributed by atoms with Crippen LogP contribution in [0.5, 0.6) is 0 Å². The van der Waals surface area contributed by atoms with Crippen molar-refractivity contribution in [3.8, 4) is 0 Å². The zero-order valence-corrected chi connectivity index (χ0v) is 16.4. The Morgan fingerprint density at radius 1 is 0.696 bits per heavy atom. The number of nitrogens with zero attached hydrogens (tertiary/aromatic N) is 2. The summed E-state index contributed by atoms with van der Waals surface area (Å²) in [5, 5.41) is 0. The van der Waals surface area contributed by atoms with Crippen LogP contribution in [0.1, 0.15) is 22.3 Å². The van der Waals surface area contributed by atoms with E-state index >= 15 is 0 Å². The molecule has 122 valence electrons. The number of hydrogen-bond donors (Lipinski definition) is 0. The van der Waals surface area contributed by atoms with Gasteiger partial charge in [0.2, 0.25) is 0 Å². The summed E-state index contributed by atoms with van der Waals surface area (Å²) >= 11 is 6.25. The van der Waals surface area contributed by atoms with Crippen LogP contribution in [0.15, 0.2) is 46.4 Å². The Kier molecular flexibility index (Phi) is 10.8. The summed E-state index contributed by atoms with van der Waals surface area (Å²) in [7, 11) is 0. The van der Waals surface area contributed by atoms with E-state index in [0.29, 0.717) is 0 Å². The minimum atomic E-state index is 0. The quantitative estimate of drug-likeness (QED) is 0.470. The van der Waals surface area contributed by atoms with Gasteiger partial charge in [0, 0.05) is 20.8 Å². The molecular formula is C18H20BBrN2Ni. The predicted octanol–water partition coefficient (Wildman–Crippen LogP) is 5.49. The van der Waals surface area contributed by atoms with Crippen molar-refractivity contribution in [1.29, 1.82) is 0 Å². The topological polar surface area (TPSA) is 24.7 Å². The van der Waals surface area contributed by atoms with Crippen LogP contribution in [-0.2, 0) is 13.7 Å². The molecule has 0 aliphatic heterocycles. The van der Waals surface area contributed by atoms with E-state index in [1.807, 2.05) is 0 Å². The Labute approximate surface area is 156 Å². The van der Waals surface area contributed by atoms with Crippen molar-refractivity contribution in [3.05, 3.63) is 58.7 Å². The molecule has 0 heterocycles. The third kappa shape index (κ3) is 6.45. The number of hydrogen-bond acceptors (Lipinski definition) is 2. The molecule has 0 N–H and O–H groups in total. The molecule has 2 aromatic rings. The molecule has 0 amide bonds. The van der Waals surface area contributed by atoms with Crippen molar-refractivity contribution in [3.63, 3.8) is 0 Å². The Bertz CT molecular complexity index is 585. The number of aliphatic imine (C=N–C) groups is 2. The van der Waals surface area contributed by atoms with Crippen LogP contribution >= 0.6 is 14.2 Å². The predicted molar refractivity (Wildman–Crippen MR) is 103 cm³/mol. The van der Waals surface area contributed by atoms with E-state index in [-0.39, 0.29) is 8.41 Å². The molecule has 0 aliphatic rings. The van der Waals surface area contributed by atoms with E-state index in [4.69, 9.17) is 0 Å². The average Bonchev–Trinajstić information content (AvgIpc) is 2.50. The van der Waals surface area contributed by atoms with E-state index in [1.54, 1.807) is 12.4 Å². The summed E-state index contributed by atoms with van der Waals surface area (Å²) in [6, 6.07) is 12.4. The molecule has 0 unspecified atom stereocenters. The van der Waals surface area contributed by atoms with Crippen LogP contribution in [0.25, 0.3) is 0 Å². The molecular weight excluding hydrogens is 394 g/mol. The molecule has 2 nitrogen and oxygen atoms in total. The van der Waals surface area contributed by atoms with Crippen molar-refractivity contribution >= 4 is 46.4 Å². The van der Waals surface area contributed by atoms with Gasteiger partial charge in [-0.05, 0) is 49.9 Å². The van der Waals surface area contributed by atoms with Crippen molar-refractivity contribution in [1.82, 2.24) is 0 Å². The van der Waals surface area contributed by atoms with Gasteiger partial charge in [0.05, 0.1) is 11.4 Å².